The van der Waals surface area contributed by atoms with Crippen LogP contribution in [0.2, 0.25) is 0 Å². The molecule has 0 atom stereocenters. The van der Waals surface area contributed by atoms with E-state index in [1.807, 2.05) is 0 Å². The average molecular weight is 187 g/mol. The second-order valence-electron chi connectivity index (χ2n) is 2.40. The fraction of sp³-hybridized carbons (Fsp3) is 0.625. The molecule has 0 aliphatic heterocycles. The van der Waals surface area contributed by atoms with Gasteiger partial charge in [0.1, 0.15) is 5.71 Å². The van der Waals surface area contributed by atoms with Crippen LogP contribution in [0.5, 0.6) is 0 Å². The van der Waals surface area contributed by atoms with Crippen LogP contribution in [0, 0.1) is 5.41 Å². The van der Waals surface area contributed by atoms with Crippen molar-refractivity contribution in [3.8, 4) is 0 Å². The summed E-state index contributed by atoms with van der Waals surface area (Å²) in [5.74, 6) is -0.984. The molecule has 5 nitrogen and oxygen atoms in total. The largest absolute Gasteiger partial charge is 0.469 e. The first kappa shape index (κ1) is 11.6. The highest BCUT2D eigenvalue weighted by Gasteiger charge is 2.09. The third kappa shape index (κ3) is 4.95. The van der Waals surface area contributed by atoms with Crippen LogP contribution in [0.1, 0.15) is 19.3 Å². The van der Waals surface area contributed by atoms with Crippen LogP contribution >= 0.6 is 0 Å². The average Bonchev–Trinajstić information content (AvgIpc) is 2.15. The zero-order chi connectivity index (χ0) is 10.3. The number of rotatable bonds is 5. The Morgan fingerprint density at radius 3 is 2.23 bits per heavy atom. The van der Waals surface area contributed by atoms with E-state index < -0.39 is 5.97 Å². The van der Waals surface area contributed by atoms with Crippen molar-refractivity contribution in [1.29, 1.82) is 5.41 Å². The molecule has 0 aliphatic rings. The van der Waals surface area contributed by atoms with Crippen molar-refractivity contribution < 1.29 is 19.1 Å². The summed E-state index contributed by atoms with van der Waals surface area (Å²) < 4.78 is 8.71. The number of carbonyl (C=O) groups excluding carboxylic acids is 2. The van der Waals surface area contributed by atoms with Crippen LogP contribution in [0.25, 0.3) is 0 Å². The number of methoxy groups -OCH3 is 2. The van der Waals surface area contributed by atoms with Gasteiger partial charge in [-0.15, -0.1) is 0 Å². The molecule has 0 fully saturated rings. The number of ether oxygens (including phenoxy) is 2. The van der Waals surface area contributed by atoms with Gasteiger partial charge in [0.25, 0.3) is 0 Å². The monoisotopic (exact) mass is 187 g/mol. The second kappa shape index (κ2) is 6.16. The molecule has 0 spiro atoms. The maximum atomic E-state index is 10.7. The maximum absolute atomic E-state index is 10.7. The van der Waals surface area contributed by atoms with E-state index in [1.165, 1.54) is 14.2 Å². The van der Waals surface area contributed by atoms with Gasteiger partial charge in [0.15, 0.2) is 0 Å². The van der Waals surface area contributed by atoms with E-state index in [9.17, 15) is 9.59 Å². The molecule has 0 unspecified atom stereocenters. The van der Waals surface area contributed by atoms with Gasteiger partial charge in [-0.05, 0) is 12.8 Å². The minimum absolute atomic E-state index is 0.119. The highest BCUT2D eigenvalue weighted by atomic mass is 16.5. The van der Waals surface area contributed by atoms with Gasteiger partial charge in [-0.2, -0.15) is 0 Å². The number of esters is 2. The summed E-state index contributed by atoms with van der Waals surface area (Å²) in [7, 11) is 2.52. The molecule has 1 N–H and O–H groups in total. The highest BCUT2D eigenvalue weighted by molar-refractivity contribution is 6.34. The van der Waals surface area contributed by atoms with Gasteiger partial charge in [-0.1, -0.05) is 0 Å². The topological polar surface area (TPSA) is 76.5 Å². The van der Waals surface area contributed by atoms with E-state index in [1.54, 1.807) is 0 Å². The van der Waals surface area contributed by atoms with Gasteiger partial charge in [0.2, 0.25) is 0 Å². The zero-order valence-corrected chi connectivity index (χ0v) is 7.75. The molecule has 0 saturated carbocycles. The number of hydrogen-bond donors (Lipinski definition) is 1. The van der Waals surface area contributed by atoms with Crippen molar-refractivity contribution >= 4 is 17.7 Å². The van der Waals surface area contributed by atoms with Crippen molar-refractivity contribution in [1.82, 2.24) is 0 Å². The van der Waals surface area contributed by atoms with E-state index in [4.69, 9.17) is 5.41 Å². The van der Waals surface area contributed by atoms with E-state index >= 15 is 0 Å². The van der Waals surface area contributed by atoms with Gasteiger partial charge in [0.05, 0.1) is 14.2 Å². The van der Waals surface area contributed by atoms with Crippen molar-refractivity contribution in [3.05, 3.63) is 0 Å². The molecular weight excluding hydrogens is 174 g/mol. The summed E-state index contributed by atoms with van der Waals surface area (Å²) in [6, 6.07) is 0. The molecule has 0 aromatic rings. The zero-order valence-electron chi connectivity index (χ0n) is 7.75. The predicted molar refractivity (Wildman–Crippen MR) is 45.6 cm³/mol. The van der Waals surface area contributed by atoms with Crippen molar-refractivity contribution in [2.45, 2.75) is 19.3 Å². The summed E-state index contributed by atoms with van der Waals surface area (Å²) in [6.45, 7) is 0. The Labute approximate surface area is 76.5 Å². The highest BCUT2D eigenvalue weighted by Crippen LogP contribution is 1.99. The molecule has 5 heteroatoms. The third-order valence-electron chi connectivity index (χ3n) is 1.47. The first-order valence-corrected chi connectivity index (χ1v) is 3.84. The molecule has 0 aliphatic carbocycles. The molecule has 0 aromatic carbocycles. The fourth-order valence-corrected chi connectivity index (χ4v) is 0.737. The van der Waals surface area contributed by atoms with Crippen molar-refractivity contribution in [2.24, 2.45) is 0 Å². The molecule has 0 radical (unpaired) electrons. The molecule has 0 saturated heterocycles. The normalized spacial score (nSPS) is 9.08. The first-order valence-electron chi connectivity index (χ1n) is 3.84. The van der Waals surface area contributed by atoms with Crippen molar-refractivity contribution in [2.75, 3.05) is 14.2 Å². The molecule has 74 valence electrons. The Morgan fingerprint density at radius 1 is 1.15 bits per heavy atom. The quantitative estimate of drug-likeness (QED) is 0.503. The summed E-state index contributed by atoms with van der Waals surface area (Å²) in [5, 5.41) is 7.17. The Bertz CT molecular complexity index is 212. The van der Waals surface area contributed by atoms with E-state index in [-0.39, 0.29) is 24.5 Å². The minimum Gasteiger partial charge on any atom is -0.469 e. The Morgan fingerprint density at radius 2 is 1.77 bits per heavy atom. The van der Waals surface area contributed by atoms with E-state index in [0.717, 1.165) is 0 Å². The van der Waals surface area contributed by atoms with Gasteiger partial charge in [-0.25, -0.2) is 4.79 Å². The summed E-state index contributed by atoms with van der Waals surface area (Å²) in [5.41, 5.74) is -0.119. The Hall–Kier alpha value is -1.39. The smallest absolute Gasteiger partial charge is 0.351 e. The lowest BCUT2D eigenvalue weighted by Crippen LogP contribution is -2.14. The van der Waals surface area contributed by atoms with Crippen LogP contribution in [0.15, 0.2) is 0 Å². The summed E-state index contributed by atoms with van der Waals surface area (Å²) in [4.78, 5) is 21.3. The van der Waals surface area contributed by atoms with Crippen LogP contribution in [0.4, 0.5) is 0 Å². The standard InChI is InChI=1S/C8H13NO4/c1-12-7(10)5-3-4-6(9)8(11)13-2/h9H,3-5H2,1-2H3. The molecule has 13 heavy (non-hydrogen) atoms. The maximum Gasteiger partial charge on any atom is 0.351 e. The van der Waals surface area contributed by atoms with Gasteiger partial charge in [-0.3, -0.25) is 10.2 Å². The lowest BCUT2D eigenvalue weighted by molar-refractivity contribution is -0.140. The fourth-order valence-electron chi connectivity index (χ4n) is 0.737. The van der Waals surface area contributed by atoms with Crippen molar-refractivity contribution in [3.63, 3.8) is 0 Å². The van der Waals surface area contributed by atoms with Gasteiger partial charge >= 0.3 is 11.9 Å². The molecule has 0 aromatic heterocycles. The lowest BCUT2D eigenvalue weighted by atomic mass is 10.2. The first-order chi connectivity index (χ1) is 6.11. The Kier molecular flexibility index (Phi) is 5.50. The van der Waals surface area contributed by atoms with Crippen LogP contribution in [-0.2, 0) is 19.1 Å². The third-order valence-corrected chi connectivity index (χ3v) is 1.47. The van der Waals surface area contributed by atoms with Crippen LogP contribution in [0.3, 0.4) is 0 Å². The molecule has 0 heterocycles. The number of hydrogen-bond acceptors (Lipinski definition) is 5. The van der Waals surface area contributed by atoms with Gasteiger partial charge in [0, 0.05) is 6.42 Å². The Balaban J connectivity index is 3.59. The number of carbonyl (C=O) groups is 2. The summed E-state index contributed by atoms with van der Waals surface area (Å²) in [6.07, 6.45) is 0.887. The van der Waals surface area contributed by atoms with E-state index in [2.05, 4.69) is 9.47 Å². The van der Waals surface area contributed by atoms with E-state index in [0.29, 0.717) is 6.42 Å². The van der Waals surface area contributed by atoms with Crippen LogP contribution < -0.4 is 0 Å². The molecule has 0 bridgehead atoms. The predicted octanol–water partition coefficient (Wildman–Crippen LogP) is 0.522. The molecule has 0 rings (SSSR count). The number of nitrogens with one attached hydrogen (secondary N) is 1. The van der Waals surface area contributed by atoms with Gasteiger partial charge < -0.3 is 9.47 Å². The van der Waals surface area contributed by atoms with Crippen LogP contribution in [-0.4, -0.2) is 31.9 Å². The summed E-state index contributed by atoms with van der Waals surface area (Å²) >= 11 is 0. The molecular formula is C8H13NO4. The molecule has 0 amide bonds. The lowest BCUT2D eigenvalue weighted by Gasteiger charge is -2.00. The SMILES string of the molecule is COC(=O)CCCC(=N)C(=O)OC. The second-order valence-corrected chi connectivity index (χ2v) is 2.40. The minimum atomic E-state index is -0.648.